The molecule has 0 aliphatic heterocycles. The van der Waals surface area contributed by atoms with Crippen LogP contribution in [0.2, 0.25) is 0 Å². The van der Waals surface area contributed by atoms with Gasteiger partial charge in [0.2, 0.25) is 0 Å². The molecule has 1 radical (unpaired) electrons. The molecule has 0 aliphatic rings. The van der Waals surface area contributed by atoms with Gasteiger partial charge in [-0.1, -0.05) is 45.0 Å². The highest BCUT2D eigenvalue weighted by molar-refractivity contribution is 5.79. The Morgan fingerprint density at radius 1 is 1.19 bits per heavy atom. The molecule has 1 heteroatoms. The molecular weight excluding hydrogens is 196 g/mol. The number of rotatable bonds is 4. The van der Waals surface area contributed by atoms with Crippen LogP contribution in [-0.4, -0.2) is 5.78 Å². The van der Waals surface area contributed by atoms with E-state index in [1.165, 1.54) is 11.1 Å². The molecule has 1 aromatic rings. The standard InChI is InChI=1S/C15H21O/c1-5-14(16)11-8-12-6-9-13(10-7-12)15(2,3)4/h6-7,9-10H,1,5,8,11H2,2-4H3. The zero-order valence-corrected chi connectivity index (χ0v) is 10.5. The zero-order valence-electron chi connectivity index (χ0n) is 10.5. The van der Waals surface area contributed by atoms with Gasteiger partial charge in [-0.05, 0) is 29.9 Å². The van der Waals surface area contributed by atoms with E-state index in [2.05, 4.69) is 52.0 Å². The second-order valence-electron chi connectivity index (χ2n) is 5.24. The molecule has 0 bridgehead atoms. The van der Waals surface area contributed by atoms with Gasteiger partial charge in [-0.3, -0.25) is 4.79 Å². The van der Waals surface area contributed by atoms with Crippen LogP contribution >= 0.6 is 0 Å². The van der Waals surface area contributed by atoms with Crippen molar-refractivity contribution in [2.45, 2.75) is 45.4 Å². The summed E-state index contributed by atoms with van der Waals surface area (Å²) in [4.78, 5) is 11.1. The first-order chi connectivity index (χ1) is 7.43. The lowest BCUT2D eigenvalue weighted by atomic mass is 9.86. The molecule has 0 aromatic heterocycles. The fourth-order valence-electron chi connectivity index (χ4n) is 1.58. The average Bonchev–Trinajstić information content (AvgIpc) is 2.25. The molecule has 87 valence electrons. The fourth-order valence-corrected chi connectivity index (χ4v) is 1.58. The highest BCUT2D eigenvalue weighted by Gasteiger charge is 2.12. The van der Waals surface area contributed by atoms with E-state index < -0.39 is 0 Å². The predicted molar refractivity (Wildman–Crippen MR) is 68.4 cm³/mol. The molecule has 1 rings (SSSR count). The van der Waals surface area contributed by atoms with E-state index in [0.29, 0.717) is 12.8 Å². The number of carbonyl (C=O) groups excluding carboxylic acids is 1. The molecule has 0 atom stereocenters. The minimum absolute atomic E-state index is 0.196. The third-order valence-corrected chi connectivity index (χ3v) is 2.79. The zero-order chi connectivity index (χ0) is 12.2. The van der Waals surface area contributed by atoms with Crippen molar-refractivity contribution in [1.82, 2.24) is 0 Å². The SMILES string of the molecule is [CH2]CC(=O)CCc1ccc(C(C)(C)C)cc1. The summed E-state index contributed by atoms with van der Waals surface area (Å²) in [6.45, 7) is 10.2. The quantitative estimate of drug-likeness (QED) is 0.751. The maximum absolute atomic E-state index is 11.1. The molecule has 0 fully saturated rings. The van der Waals surface area contributed by atoms with Crippen molar-refractivity contribution < 1.29 is 4.79 Å². The molecule has 0 heterocycles. The summed E-state index contributed by atoms with van der Waals surface area (Å²) in [5.74, 6) is 0.236. The summed E-state index contributed by atoms with van der Waals surface area (Å²) in [5, 5.41) is 0. The van der Waals surface area contributed by atoms with Crippen molar-refractivity contribution in [3.63, 3.8) is 0 Å². The van der Waals surface area contributed by atoms with Gasteiger partial charge in [-0.2, -0.15) is 0 Å². The van der Waals surface area contributed by atoms with Gasteiger partial charge in [0.25, 0.3) is 0 Å². The maximum Gasteiger partial charge on any atom is 0.133 e. The summed E-state index contributed by atoms with van der Waals surface area (Å²) in [6.07, 6.45) is 1.84. The molecular formula is C15H21O. The second-order valence-corrected chi connectivity index (χ2v) is 5.24. The highest BCUT2D eigenvalue weighted by atomic mass is 16.1. The number of Topliss-reactive ketones (excluding diaryl/α,β-unsaturated/α-hetero) is 1. The van der Waals surface area contributed by atoms with Crippen LogP contribution in [0.4, 0.5) is 0 Å². The van der Waals surface area contributed by atoms with Crippen LogP contribution in [0.1, 0.15) is 44.7 Å². The topological polar surface area (TPSA) is 17.1 Å². The molecule has 16 heavy (non-hydrogen) atoms. The van der Waals surface area contributed by atoms with Crippen molar-refractivity contribution >= 4 is 5.78 Å². The Kier molecular flexibility index (Phi) is 4.28. The smallest absolute Gasteiger partial charge is 0.133 e. The number of aryl methyl sites for hydroxylation is 1. The average molecular weight is 217 g/mol. The Morgan fingerprint density at radius 2 is 1.75 bits per heavy atom. The van der Waals surface area contributed by atoms with Crippen LogP contribution in [0.15, 0.2) is 24.3 Å². The van der Waals surface area contributed by atoms with Crippen LogP contribution in [0.25, 0.3) is 0 Å². The Balaban J connectivity index is 2.62. The maximum atomic E-state index is 11.1. The van der Waals surface area contributed by atoms with Crippen molar-refractivity contribution in [3.05, 3.63) is 42.3 Å². The van der Waals surface area contributed by atoms with Crippen LogP contribution in [0.3, 0.4) is 0 Å². The monoisotopic (exact) mass is 217 g/mol. The van der Waals surface area contributed by atoms with Crippen LogP contribution in [0, 0.1) is 6.92 Å². The lowest BCUT2D eigenvalue weighted by molar-refractivity contribution is -0.118. The summed E-state index contributed by atoms with van der Waals surface area (Å²) in [6, 6.07) is 8.56. The predicted octanol–water partition coefficient (Wildman–Crippen LogP) is 3.71. The van der Waals surface area contributed by atoms with Gasteiger partial charge in [0.1, 0.15) is 5.78 Å². The van der Waals surface area contributed by atoms with Crippen LogP contribution in [0.5, 0.6) is 0 Å². The first-order valence-corrected chi connectivity index (χ1v) is 5.84. The third kappa shape index (κ3) is 3.80. The van der Waals surface area contributed by atoms with E-state index in [-0.39, 0.29) is 11.2 Å². The molecule has 0 spiro atoms. The van der Waals surface area contributed by atoms with E-state index in [1.807, 2.05) is 0 Å². The Bertz CT molecular complexity index is 341. The van der Waals surface area contributed by atoms with Crippen LogP contribution < -0.4 is 0 Å². The number of benzene rings is 1. The number of hydrogen-bond acceptors (Lipinski definition) is 1. The number of ketones is 1. The van der Waals surface area contributed by atoms with E-state index in [4.69, 9.17) is 0 Å². The molecule has 0 N–H and O–H groups in total. The van der Waals surface area contributed by atoms with Crippen molar-refractivity contribution in [3.8, 4) is 0 Å². The first-order valence-electron chi connectivity index (χ1n) is 5.84. The first kappa shape index (κ1) is 13.0. The molecule has 0 saturated carbocycles. The summed E-state index contributed by atoms with van der Waals surface area (Å²) in [7, 11) is 0. The van der Waals surface area contributed by atoms with Crippen molar-refractivity contribution in [2.24, 2.45) is 0 Å². The normalized spacial score (nSPS) is 11.5. The molecule has 0 amide bonds. The minimum Gasteiger partial charge on any atom is -0.300 e. The van der Waals surface area contributed by atoms with Gasteiger partial charge in [0, 0.05) is 12.8 Å². The van der Waals surface area contributed by atoms with E-state index in [0.717, 1.165) is 6.42 Å². The molecule has 0 aliphatic carbocycles. The van der Waals surface area contributed by atoms with Gasteiger partial charge in [0.15, 0.2) is 0 Å². The number of hydrogen-bond donors (Lipinski definition) is 0. The van der Waals surface area contributed by atoms with Gasteiger partial charge in [-0.15, -0.1) is 0 Å². The van der Waals surface area contributed by atoms with Gasteiger partial charge < -0.3 is 0 Å². The van der Waals surface area contributed by atoms with Crippen molar-refractivity contribution in [1.29, 1.82) is 0 Å². The highest BCUT2D eigenvalue weighted by Crippen LogP contribution is 2.22. The Labute approximate surface area is 98.9 Å². The summed E-state index contributed by atoms with van der Waals surface area (Å²) >= 11 is 0. The van der Waals surface area contributed by atoms with Crippen LogP contribution in [-0.2, 0) is 16.6 Å². The molecule has 0 unspecified atom stereocenters. The van der Waals surface area contributed by atoms with Crippen molar-refractivity contribution in [2.75, 3.05) is 0 Å². The second kappa shape index (κ2) is 5.29. The number of carbonyl (C=O) groups is 1. The molecule has 1 aromatic carbocycles. The van der Waals surface area contributed by atoms with Gasteiger partial charge in [-0.25, -0.2) is 0 Å². The lowest BCUT2D eigenvalue weighted by Gasteiger charge is -2.19. The summed E-state index contributed by atoms with van der Waals surface area (Å²) < 4.78 is 0. The van der Waals surface area contributed by atoms with Gasteiger partial charge in [0.05, 0.1) is 0 Å². The largest absolute Gasteiger partial charge is 0.300 e. The Hall–Kier alpha value is -1.11. The fraction of sp³-hybridized carbons (Fsp3) is 0.467. The lowest BCUT2D eigenvalue weighted by Crippen LogP contribution is -2.10. The molecule has 0 saturated heterocycles. The van der Waals surface area contributed by atoms with E-state index in [1.54, 1.807) is 0 Å². The van der Waals surface area contributed by atoms with E-state index in [9.17, 15) is 4.79 Å². The summed E-state index contributed by atoms with van der Waals surface area (Å²) in [5.41, 5.74) is 2.76. The van der Waals surface area contributed by atoms with E-state index >= 15 is 0 Å². The third-order valence-electron chi connectivity index (χ3n) is 2.79. The Morgan fingerprint density at radius 3 is 2.19 bits per heavy atom. The molecule has 1 nitrogen and oxygen atoms in total. The minimum atomic E-state index is 0.196. The van der Waals surface area contributed by atoms with Gasteiger partial charge >= 0.3 is 0 Å².